The normalized spacial score (nSPS) is 4.82. The van der Waals surface area contributed by atoms with Crippen molar-refractivity contribution in [1.29, 1.82) is 0 Å². The first-order valence-electron chi connectivity index (χ1n) is 8.80. The number of hydrogen-bond donors (Lipinski definition) is 0. The summed E-state index contributed by atoms with van der Waals surface area (Å²) in [6.07, 6.45) is 5.01. The highest BCUT2D eigenvalue weighted by atomic mass is 16.1. The maximum atomic E-state index is 11.2. The van der Waals surface area contributed by atoms with Crippen LogP contribution in [0.3, 0.4) is 0 Å². The molecule has 1 heteroatoms. The van der Waals surface area contributed by atoms with E-state index in [1.54, 1.807) is 6.92 Å². The van der Waals surface area contributed by atoms with E-state index in [1.807, 2.05) is 0 Å². The summed E-state index contributed by atoms with van der Waals surface area (Å²) in [6.45, 7) is 5.16. The second kappa shape index (κ2) is 22.5. The average molecular weight is 420 g/mol. The molecule has 0 amide bonds. The number of carbonyl (C=O) groups excluding carboxylic acids is 1. The van der Waals surface area contributed by atoms with Crippen LogP contribution in [0.1, 0.15) is 13.3 Å². The van der Waals surface area contributed by atoms with Crippen LogP contribution < -0.4 is 0 Å². The summed E-state index contributed by atoms with van der Waals surface area (Å²) in [5.41, 5.74) is 0.464. The third kappa shape index (κ3) is 21.5. The van der Waals surface area contributed by atoms with Crippen molar-refractivity contribution in [3.63, 3.8) is 0 Å². The Hall–Kier alpha value is -6.75. The molecule has 1 nitrogen and oxygen atoms in total. The third-order valence-corrected chi connectivity index (χ3v) is 2.39. The van der Waals surface area contributed by atoms with E-state index in [2.05, 4.69) is 166 Å². The second-order valence-electron chi connectivity index (χ2n) is 4.83. The van der Waals surface area contributed by atoms with Crippen LogP contribution in [0.5, 0.6) is 0 Å². The van der Waals surface area contributed by atoms with E-state index in [-0.39, 0.29) is 12.2 Å². The first kappa shape index (κ1) is 27.2. The fourth-order valence-corrected chi connectivity index (χ4v) is 1.07. The molecule has 0 rings (SSSR count). The number of carbonyl (C=O) groups is 1. The molecule has 0 unspecified atom stereocenters. The van der Waals surface area contributed by atoms with Crippen molar-refractivity contribution in [3.8, 4) is 166 Å². The Balaban J connectivity index is 4.47. The lowest BCUT2D eigenvalue weighted by Crippen LogP contribution is -1.94. The molecular formula is C33H8O. The molecule has 0 radical (unpaired) electrons. The molecule has 0 aliphatic heterocycles. The first-order valence-corrected chi connectivity index (χ1v) is 8.80. The summed E-state index contributed by atoms with van der Waals surface area (Å²) >= 11 is 0. The molecule has 0 atom stereocenters. The molecule has 0 aliphatic rings. The van der Waals surface area contributed by atoms with Gasteiger partial charge in [0, 0.05) is 59.2 Å². The van der Waals surface area contributed by atoms with Gasteiger partial charge in [-0.05, 0) is 107 Å². The average Bonchev–Trinajstić information content (AvgIpc) is 2.83. The van der Waals surface area contributed by atoms with Gasteiger partial charge in [0.05, 0.1) is 6.42 Å². The Kier molecular flexibility index (Phi) is 18.1. The van der Waals surface area contributed by atoms with Crippen LogP contribution in [0.2, 0.25) is 0 Å². The highest BCUT2D eigenvalue weighted by Crippen LogP contribution is 1.92. The lowest BCUT2D eigenvalue weighted by Gasteiger charge is -1.88. The summed E-state index contributed by atoms with van der Waals surface area (Å²) < 4.78 is 0. The van der Waals surface area contributed by atoms with E-state index in [1.165, 1.54) is 0 Å². The minimum atomic E-state index is -0.114. The Bertz CT molecular complexity index is 1730. The van der Waals surface area contributed by atoms with Crippen LogP contribution in [0.15, 0.2) is 12.2 Å². The maximum Gasteiger partial charge on any atom is 0.169 e. The molecule has 0 saturated carbocycles. The fraction of sp³-hybridized carbons (Fsp3) is 0.0606. The lowest BCUT2D eigenvalue weighted by molar-refractivity contribution is -0.114. The smallest absolute Gasteiger partial charge is 0.169 e. The summed E-state index contributed by atoms with van der Waals surface area (Å²) in [6, 6.07) is 0. The molecule has 0 saturated heterocycles. The van der Waals surface area contributed by atoms with E-state index < -0.39 is 0 Å². The predicted octanol–water partition coefficient (Wildman–Crippen LogP) is 1.20. The zero-order valence-electron chi connectivity index (χ0n) is 17.9. The van der Waals surface area contributed by atoms with E-state index in [0.29, 0.717) is 5.57 Å². The molecule has 0 spiro atoms. The predicted molar refractivity (Wildman–Crippen MR) is 134 cm³/mol. The molecule has 0 aromatic rings. The van der Waals surface area contributed by atoms with Crippen LogP contribution in [-0.4, -0.2) is 5.78 Å². The van der Waals surface area contributed by atoms with Crippen LogP contribution >= 0.6 is 0 Å². The monoisotopic (exact) mass is 420 g/mol. The van der Waals surface area contributed by atoms with Gasteiger partial charge in [0.15, 0.2) is 5.78 Å². The van der Waals surface area contributed by atoms with E-state index in [9.17, 15) is 4.79 Å². The minimum Gasteiger partial charge on any atom is -0.294 e. The number of Topliss-reactive ketones (excluding diaryl/α,β-unsaturated/α-hetero) is 1. The Labute approximate surface area is 202 Å². The third-order valence-electron chi connectivity index (χ3n) is 2.39. The lowest BCUT2D eigenvalue weighted by atomic mass is 10.2. The van der Waals surface area contributed by atoms with Crippen LogP contribution in [0.25, 0.3) is 0 Å². The van der Waals surface area contributed by atoms with Crippen LogP contribution in [0.4, 0.5) is 0 Å². The van der Waals surface area contributed by atoms with Crippen molar-refractivity contribution < 1.29 is 4.79 Å². The van der Waals surface area contributed by atoms with Gasteiger partial charge in [0.2, 0.25) is 0 Å². The summed E-state index contributed by atoms with van der Waals surface area (Å²) in [4.78, 5) is 11.2. The van der Waals surface area contributed by atoms with Gasteiger partial charge in [0.25, 0.3) is 0 Å². The quantitative estimate of drug-likeness (QED) is 0.485. The Morgan fingerprint density at radius 3 is 0.971 bits per heavy atom. The summed E-state index contributed by atoms with van der Waals surface area (Å²) in [5.74, 6) is 66.5. The Morgan fingerprint density at radius 2 is 0.735 bits per heavy atom. The number of terminal acetylenes is 1. The molecule has 0 aromatic heterocycles. The fourth-order valence-electron chi connectivity index (χ4n) is 1.07. The first-order chi connectivity index (χ1) is 16.7. The van der Waals surface area contributed by atoms with Crippen LogP contribution in [-0.2, 0) is 4.79 Å². The molecule has 0 aromatic carbocycles. The number of rotatable bonds is 2. The SMILES string of the molecule is C#CC#CC#CC#CC#CC#CC#CC#CC#CC#CC#CC#CC#CC#CCC(=O)C(=C)C. The minimum absolute atomic E-state index is 0.0909. The largest absolute Gasteiger partial charge is 0.294 e. The van der Waals surface area contributed by atoms with Gasteiger partial charge in [-0.3, -0.25) is 4.79 Å². The highest BCUT2D eigenvalue weighted by molar-refractivity contribution is 5.95. The molecular weight excluding hydrogens is 412 g/mol. The van der Waals surface area contributed by atoms with Gasteiger partial charge in [-0.15, -0.1) is 6.42 Å². The topological polar surface area (TPSA) is 17.1 Å². The molecule has 0 fully saturated rings. The van der Waals surface area contributed by atoms with Crippen molar-refractivity contribution >= 4 is 5.78 Å². The van der Waals surface area contributed by atoms with E-state index >= 15 is 0 Å². The Morgan fingerprint density at radius 1 is 0.500 bits per heavy atom. The molecule has 34 heavy (non-hydrogen) atoms. The standard InChI is InChI=1S/C33H8O/c1-4-5-6-7-8-9-10-11-12-13-14-15-16-17-18-19-20-21-22-23-24-25-26-27-28-29-30-31-33(34)32(2)3/h1H,2,31H2,3H3. The van der Waals surface area contributed by atoms with Gasteiger partial charge in [0.1, 0.15) is 0 Å². The zero-order valence-corrected chi connectivity index (χ0v) is 17.9. The maximum absolute atomic E-state index is 11.2. The number of hydrogen-bond acceptors (Lipinski definition) is 1. The summed E-state index contributed by atoms with van der Waals surface area (Å²) in [7, 11) is 0. The number of ketones is 1. The van der Waals surface area contributed by atoms with Gasteiger partial charge in [-0.1, -0.05) is 12.5 Å². The van der Waals surface area contributed by atoms with Gasteiger partial charge in [-0.2, -0.15) is 0 Å². The molecule has 0 N–H and O–H groups in total. The van der Waals surface area contributed by atoms with Crippen molar-refractivity contribution in [2.45, 2.75) is 13.3 Å². The van der Waals surface area contributed by atoms with Crippen molar-refractivity contribution in [1.82, 2.24) is 0 Å². The van der Waals surface area contributed by atoms with Crippen LogP contribution in [0, 0.1) is 166 Å². The number of allylic oxidation sites excluding steroid dienone is 1. The van der Waals surface area contributed by atoms with Gasteiger partial charge in [-0.25, -0.2) is 0 Å². The van der Waals surface area contributed by atoms with E-state index in [4.69, 9.17) is 6.42 Å². The highest BCUT2D eigenvalue weighted by Gasteiger charge is 1.96. The van der Waals surface area contributed by atoms with Gasteiger partial charge >= 0.3 is 0 Å². The van der Waals surface area contributed by atoms with Gasteiger partial charge < -0.3 is 0 Å². The second-order valence-corrected chi connectivity index (χ2v) is 4.83. The summed E-state index contributed by atoms with van der Waals surface area (Å²) in [5, 5.41) is 0. The van der Waals surface area contributed by atoms with Crippen molar-refractivity contribution in [2.75, 3.05) is 0 Å². The van der Waals surface area contributed by atoms with Crippen molar-refractivity contribution in [2.24, 2.45) is 0 Å². The molecule has 0 heterocycles. The zero-order chi connectivity index (χ0) is 25.0. The molecule has 0 aliphatic carbocycles. The van der Waals surface area contributed by atoms with E-state index in [0.717, 1.165) is 0 Å². The molecule has 146 valence electrons. The van der Waals surface area contributed by atoms with Crippen molar-refractivity contribution in [3.05, 3.63) is 12.2 Å². The molecule has 0 bridgehead atoms.